The molecule has 0 aliphatic carbocycles. The highest BCUT2D eigenvalue weighted by molar-refractivity contribution is 7.91. The minimum atomic E-state index is -3.07. The lowest BCUT2D eigenvalue weighted by Gasteiger charge is -2.28. The van der Waals surface area contributed by atoms with Crippen molar-refractivity contribution < 1.29 is 22.7 Å². The van der Waals surface area contributed by atoms with Crippen LogP contribution in [0.4, 0.5) is 0 Å². The SMILES string of the molecule is CCCCN(C(=O)COc1ccc(C(=O)c2ccccc2)cc1)C1CCS(=O)(=O)C1. The zero-order valence-electron chi connectivity index (χ0n) is 17.1. The lowest BCUT2D eigenvalue weighted by atomic mass is 10.0. The van der Waals surface area contributed by atoms with Gasteiger partial charge < -0.3 is 9.64 Å². The Morgan fingerprint density at radius 3 is 2.30 bits per heavy atom. The molecule has 2 aromatic carbocycles. The number of ketones is 1. The van der Waals surface area contributed by atoms with Crippen molar-refractivity contribution in [3.63, 3.8) is 0 Å². The maximum atomic E-state index is 12.7. The van der Waals surface area contributed by atoms with Gasteiger partial charge in [-0.15, -0.1) is 0 Å². The van der Waals surface area contributed by atoms with Crippen LogP contribution in [0.15, 0.2) is 54.6 Å². The van der Waals surface area contributed by atoms with Crippen LogP contribution >= 0.6 is 0 Å². The third kappa shape index (κ3) is 5.69. The number of hydrogen-bond donors (Lipinski definition) is 0. The number of unbranched alkanes of at least 4 members (excludes halogenated alkanes) is 1. The molecule has 1 fully saturated rings. The molecule has 0 aromatic heterocycles. The van der Waals surface area contributed by atoms with Gasteiger partial charge in [-0.1, -0.05) is 43.7 Å². The van der Waals surface area contributed by atoms with E-state index in [1.807, 2.05) is 25.1 Å². The smallest absolute Gasteiger partial charge is 0.260 e. The van der Waals surface area contributed by atoms with Crippen molar-refractivity contribution in [1.29, 1.82) is 0 Å². The molecule has 0 N–H and O–H groups in total. The predicted octanol–water partition coefficient (Wildman–Crippen LogP) is 3.11. The van der Waals surface area contributed by atoms with Crippen LogP contribution in [-0.4, -0.2) is 55.7 Å². The van der Waals surface area contributed by atoms with Gasteiger partial charge in [0.2, 0.25) is 0 Å². The Kier molecular flexibility index (Phi) is 7.26. The first-order valence-corrected chi connectivity index (χ1v) is 12.0. The maximum Gasteiger partial charge on any atom is 0.260 e. The van der Waals surface area contributed by atoms with Gasteiger partial charge in [-0.25, -0.2) is 8.42 Å². The Balaban J connectivity index is 1.60. The van der Waals surface area contributed by atoms with E-state index in [2.05, 4.69) is 0 Å². The van der Waals surface area contributed by atoms with Crippen molar-refractivity contribution in [3.05, 3.63) is 65.7 Å². The molecule has 1 saturated heterocycles. The van der Waals surface area contributed by atoms with Gasteiger partial charge in [-0.3, -0.25) is 9.59 Å². The zero-order chi connectivity index (χ0) is 21.6. The number of benzene rings is 2. The molecule has 7 heteroatoms. The van der Waals surface area contributed by atoms with Gasteiger partial charge in [0.05, 0.1) is 11.5 Å². The molecule has 0 spiro atoms. The summed E-state index contributed by atoms with van der Waals surface area (Å²) < 4.78 is 29.3. The van der Waals surface area contributed by atoms with Crippen LogP contribution in [0.1, 0.15) is 42.1 Å². The first-order valence-electron chi connectivity index (χ1n) is 10.2. The number of sulfone groups is 1. The fourth-order valence-corrected chi connectivity index (χ4v) is 5.28. The molecule has 0 bridgehead atoms. The van der Waals surface area contributed by atoms with E-state index in [-0.39, 0.29) is 35.8 Å². The molecule has 2 aromatic rings. The molecule has 30 heavy (non-hydrogen) atoms. The van der Waals surface area contributed by atoms with Gasteiger partial charge in [0.25, 0.3) is 5.91 Å². The fourth-order valence-electron chi connectivity index (χ4n) is 3.55. The third-order valence-electron chi connectivity index (χ3n) is 5.24. The highest BCUT2D eigenvalue weighted by Gasteiger charge is 2.34. The molecule has 1 aliphatic rings. The number of carbonyl (C=O) groups is 2. The number of nitrogens with zero attached hydrogens (tertiary/aromatic N) is 1. The summed E-state index contributed by atoms with van der Waals surface area (Å²) in [4.78, 5) is 26.8. The average molecular weight is 430 g/mol. The summed E-state index contributed by atoms with van der Waals surface area (Å²) in [5, 5.41) is 0. The summed E-state index contributed by atoms with van der Waals surface area (Å²) in [6, 6.07) is 15.4. The standard InChI is InChI=1S/C23H27NO5S/c1-2-3-14-24(20-13-15-30(27,28)17-20)22(25)16-29-21-11-9-19(10-12-21)23(26)18-7-5-4-6-8-18/h4-12,20H,2-3,13-17H2,1H3. The van der Waals surface area contributed by atoms with E-state index in [4.69, 9.17) is 4.74 Å². The molecular weight excluding hydrogens is 402 g/mol. The van der Waals surface area contributed by atoms with Gasteiger partial charge in [0, 0.05) is 23.7 Å². The molecule has 6 nitrogen and oxygen atoms in total. The second-order valence-electron chi connectivity index (χ2n) is 7.51. The average Bonchev–Trinajstić information content (AvgIpc) is 3.12. The third-order valence-corrected chi connectivity index (χ3v) is 6.99. The number of rotatable bonds is 9. The summed E-state index contributed by atoms with van der Waals surface area (Å²) in [6.07, 6.45) is 2.22. The fraction of sp³-hybridized carbons (Fsp3) is 0.391. The molecular formula is C23H27NO5S. The topological polar surface area (TPSA) is 80.8 Å². The summed E-state index contributed by atoms with van der Waals surface area (Å²) in [5.41, 5.74) is 1.15. The molecule has 160 valence electrons. The summed E-state index contributed by atoms with van der Waals surface area (Å²) in [6.45, 7) is 2.40. The first-order chi connectivity index (χ1) is 14.4. The van der Waals surface area contributed by atoms with E-state index >= 15 is 0 Å². The Labute approximate surface area is 177 Å². The van der Waals surface area contributed by atoms with E-state index in [0.29, 0.717) is 29.8 Å². The van der Waals surface area contributed by atoms with Crippen LogP contribution in [0.25, 0.3) is 0 Å². The van der Waals surface area contributed by atoms with E-state index in [9.17, 15) is 18.0 Å². The van der Waals surface area contributed by atoms with Gasteiger partial charge in [-0.2, -0.15) is 0 Å². The molecule has 0 radical (unpaired) electrons. The zero-order valence-corrected chi connectivity index (χ0v) is 17.9. The van der Waals surface area contributed by atoms with E-state index in [1.54, 1.807) is 41.3 Å². The molecule has 1 heterocycles. The normalized spacial score (nSPS) is 17.4. The molecule has 1 aliphatic heterocycles. The molecule has 3 rings (SSSR count). The highest BCUT2D eigenvalue weighted by Crippen LogP contribution is 2.20. The Morgan fingerprint density at radius 1 is 1.03 bits per heavy atom. The number of amides is 1. The minimum Gasteiger partial charge on any atom is -0.484 e. The quantitative estimate of drug-likeness (QED) is 0.572. The highest BCUT2D eigenvalue weighted by atomic mass is 32.2. The van der Waals surface area contributed by atoms with Crippen LogP contribution in [-0.2, 0) is 14.6 Å². The monoisotopic (exact) mass is 429 g/mol. The number of hydrogen-bond acceptors (Lipinski definition) is 5. The van der Waals surface area contributed by atoms with Crippen molar-refractivity contribution >= 4 is 21.5 Å². The van der Waals surface area contributed by atoms with Crippen molar-refractivity contribution in [2.45, 2.75) is 32.2 Å². The Hall–Kier alpha value is -2.67. The number of ether oxygens (including phenoxy) is 1. The van der Waals surface area contributed by atoms with Gasteiger partial charge in [0.15, 0.2) is 22.2 Å². The Bertz CT molecular complexity index is 970. The van der Waals surface area contributed by atoms with Gasteiger partial charge in [-0.05, 0) is 37.1 Å². The molecule has 0 saturated carbocycles. The summed E-state index contributed by atoms with van der Waals surface area (Å²) >= 11 is 0. The van der Waals surface area contributed by atoms with Crippen molar-refractivity contribution in [1.82, 2.24) is 4.90 Å². The summed E-state index contributed by atoms with van der Waals surface area (Å²) in [5.74, 6) is 0.355. The van der Waals surface area contributed by atoms with Crippen LogP contribution in [0.5, 0.6) is 5.75 Å². The largest absolute Gasteiger partial charge is 0.484 e. The number of carbonyl (C=O) groups excluding carboxylic acids is 2. The predicted molar refractivity (Wildman–Crippen MR) is 115 cm³/mol. The Morgan fingerprint density at radius 2 is 1.70 bits per heavy atom. The van der Waals surface area contributed by atoms with E-state index in [0.717, 1.165) is 12.8 Å². The van der Waals surface area contributed by atoms with Crippen LogP contribution < -0.4 is 4.74 Å². The second-order valence-corrected chi connectivity index (χ2v) is 9.73. The van der Waals surface area contributed by atoms with Gasteiger partial charge in [0.1, 0.15) is 5.75 Å². The maximum absolute atomic E-state index is 12.7. The van der Waals surface area contributed by atoms with Crippen LogP contribution in [0.3, 0.4) is 0 Å². The van der Waals surface area contributed by atoms with Crippen molar-refractivity contribution in [2.24, 2.45) is 0 Å². The van der Waals surface area contributed by atoms with E-state index in [1.165, 1.54) is 0 Å². The lowest BCUT2D eigenvalue weighted by molar-refractivity contribution is -0.135. The first kappa shape index (κ1) is 22.0. The molecule has 1 amide bonds. The van der Waals surface area contributed by atoms with Crippen LogP contribution in [0.2, 0.25) is 0 Å². The van der Waals surface area contributed by atoms with Crippen molar-refractivity contribution in [2.75, 3.05) is 24.7 Å². The van der Waals surface area contributed by atoms with E-state index < -0.39 is 9.84 Å². The van der Waals surface area contributed by atoms with Gasteiger partial charge >= 0.3 is 0 Å². The van der Waals surface area contributed by atoms with Crippen LogP contribution in [0, 0.1) is 0 Å². The lowest BCUT2D eigenvalue weighted by Crippen LogP contribution is -2.44. The molecule has 1 unspecified atom stereocenters. The molecule has 1 atom stereocenters. The minimum absolute atomic E-state index is 0.0265. The van der Waals surface area contributed by atoms with Crippen molar-refractivity contribution in [3.8, 4) is 5.75 Å². The second kappa shape index (κ2) is 9.89. The summed E-state index contributed by atoms with van der Waals surface area (Å²) in [7, 11) is -3.07.